The molecule has 0 N–H and O–H groups in total. The van der Waals surface area contributed by atoms with Crippen LogP contribution >= 0.6 is 0 Å². The van der Waals surface area contributed by atoms with Crippen LogP contribution in [0.4, 0.5) is 8.78 Å². The second-order valence-electron chi connectivity index (χ2n) is 4.01. The molecule has 0 aliphatic carbocycles. The van der Waals surface area contributed by atoms with Crippen LogP contribution in [0.2, 0.25) is 0 Å². The minimum absolute atomic E-state index is 0.210. The van der Waals surface area contributed by atoms with Crippen LogP contribution in [0.5, 0.6) is 0 Å². The predicted molar refractivity (Wildman–Crippen MR) is 66.7 cm³/mol. The molecule has 5 heteroatoms. The van der Waals surface area contributed by atoms with Crippen LogP contribution in [0.15, 0.2) is 55.1 Å². The average Bonchev–Trinajstić information content (AvgIpc) is 2.89. The molecule has 19 heavy (non-hydrogen) atoms. The van der Waals surface area contributed by atoms with Crippen molar-refractivity contribution in [2.45, 2.75) is 0 Å². The van der Waals surface area contributed by atoms with Crippen molar-refractivity contribution in [3.63, 3.8) is 0 Å². The molecule has 0 aliphatic rings. The van der Waals surface area contributed by atoms with Crippen molar-refractivity contribution in [2.24, 2.45) is 0 Å². The van der Waals surface area contributed by atoms with E-state index in [1.54, 1.807) is 24.8 Å². The van der Waals surface area contributed by atoms with Gasteiger partial charge in [-0.15, -0.1) is 0 Å². The quantitative estimate of drug-likeness (QED) is 0.705. The Balaban J connectivity index is 2.02. The molecule has 0 unspecified atom stereocenters. The van der Waals surface area contributed by atoms with Crippen molar-refractivity contribution in [1.82, 2.24) is 14.8 Å². The molecule has 3 nitrogen and oxygen atoms in total. The summed E-state index contributed by atoms with van der Waals surface area (Å²) in [5.74, 6) is -1.26. The molecule has 1 aromatic carbocycles. The molecule has 0 bridgehead atoms. The van der Waals surface area contributed by atoms with Gasteiger partial charge in [-0.25, -0.2) is 13.5 Å². The summed E-state index contributed by atoms with van der Waals surface area (Å²) in [7, 11) is 0. The first-order valence-corrected chi connectivity index (χ1v) is 5.64. The predicted octanol–water partition coefficient (Wildman–Crippen LogP) is 3.21. The minimum Gasteiger partial charge on any atom is -0.265 e. The number of aromatic nitrogens is 3. The van der Waals surface area contributed by atoms with Gasteiger partial charge in [0.25, 0.3) is 0 Å². The monoisotopic (exact) mass is 257 g/mol. The van der Waals surface area contributed by atoms with Crippen LogP contribution in [0.25, 0.3) is 16.8 Å². The van der Waals surface area contributed by atoms with Crippen molar-refractivity contribution in [3.05, 3.63) is 66.8 Å². The highest BCUT2D eigenvalue weighted by atomic mass is 19.1. The third kappa shape index (κ3) is 2.22. The average molecular weight is 257 g/mol. The number of halogens is 2. The number of benzene rings is 1. The highest BCUT2D eigenvalue weighted by molar-refractivity contribution is 5.61. The topological polar surface area (TPSA) is 30.7 Å². The van der Waals surface area contributed by atoms with E-state index in [0.717, 1.165) is 17.2 Å². The highest BCUT2D eigenvalue weighted by Crippen LogP contribution is 2.20. The first-order valence-electron chi connectivity index (χ1n) is 5.64. The second-order valence-corrected chi connectivity index (χ2v) is 4.01. The van der Waals surface area contributed by atoms with E-state index in [9.17, 15) is 8.78 Å². The van der Waals surface area contributed by atoms with E-state index in [-0.39, 0.29) is 5.69 Å². The van der Waals surface area contributed by atoms with Gasteiger partial charge in [0.2, 0.25) is 0 Å². The lowest BCUT2D eigenvalue weighted by Gasteiger charge is -2.02. The third-order valence-corrected chi connectivity index (χ3v) is 2.75. The zero-order chi connectivity index (χ0) is 13.2. The lowest BCUT2D eigenvalue weighted by Crippen LogP contribution is -1.98. The molecule has 0 fully saturated rings. The maximum Gasteiger partial charge on any atom is 0.151 e. The molecule has 94 valence electrons. The summed E-state index contributed by atoms with van der Waals surface area (Å²) in [6.07, 6.45) is 6.65. The van der Waals surface area contributed by atoms with E-state index in [4.69, 9.17) is 0 Å². The Morgan fingerprint density at radius 1 is 0.947 bits per heavy atom. The molecule has 0 amide bonds. The largest absolute Gasteiger partial charge is 0.265 e. The summed E-state index contributed by atoms with van der Waals surface area (Å²) < 4.78 is 27.9. The van der Waals surface area contributed by atoms with Gasteiger partial charge in [-0.2, -0.15) is 5.10 Å². The number of hydrogen-bond donors (Lipinski definition) is 0. The summed E-state index contributed by atoms with van der Waals surface area (Å²) in [5.41, 5.74) is 1.98. The van der Waals surface area contributed by atoms with Crippen molar-refractivity contribution in [3.8, 4) is 16.8 Å². The summed E-state index contributed by atoms with van der Waals surface area (Å²) in [6.45, 7) is 0. The van der Waals surface area contributed by atoms with Crippen LogP contribution in [-0.4, -0.2) is 14.8 Å². The third-order valence-electron chi connectivity index (χ3n) is 2.75. The van der Waals surface area contributed by atoms with Crippen LogP contribution in [0, 0.1) is 11.6 Å². The van der Waals surface area contributed by atoms with Gasteiger partial charge in [0.05, 0.1) is 6.20 Å². The molecule has 3 aromatic rings. The van der Waals surface area contributed by atoms with Gasteiger partial charge in [0.1, 0.15) is 11.5 Å². The molecule has 3 rings (SSSR count). The molecular weight excluding hydrogens is 248 g/mol. The van der Waals surface area contributed by atoms with E-state index in [1.165, 1.54) is 16.8 Å². The van der Waals surface area contributed by atoms with E-state index < -0.39 is 11.6 Å². The normalized spacial score (nSPS) is 10.6. The molecule has 2 heterocycles. The van der Waals surface area contributed by atoms with Gasteiger partial charge in [0.15, 0.2) is 5.82 Å². The summed E-state index contributed by atoms with van der Waals surface area (Å²) >= 11 is 0. The lowest BCUT2D eigenvalue weighted by molar-refractivity contribution is 0.573. The Hall–Kier alpha value is -2.56. The molecule has 0 saturated heterocycles. The van der Waals surface area contributed by atoms with Gasteiger partial charge in [0, 0.05) is 30.2 Å². The first-order chi connectivity index (χ1) is 9.24. The number of rotatable bonds is 2. The molecule has 0 saturated carbocycles. The maximum atomic E-state index is 13.6. The summed E-state index contributed by atoms with van der Waals surface area (Å²) in [4.78, 5) is 3.93. The molecular formula is C14H9F2N3. The van der Waals surface area contributed by atoms with Gasteiger partial charge in [-0.1, -0.05) is 0 Å². The number of hydrogen-bond acceptors (Lipinski definition) is 2. The molecule has 2 aromatic heterocycles. The Morgan fingerprint density at radius 3 is 2.47 bits per heavy atom. The SMILES string of the molecule is Fc1ccc(-n2cc(-c3ccncc3)cn2)c(F)c1. The minimum atomic E-state index is -0.649. The van der Waals surface area contributed by atoms with Gasteiger partial charge in [-0.3, -0.25) is 4.98 Å². The van der Waals surface area contributed by atoms with Crippen LogP contribution in [0.3, 0.4) is 0 Å². The van der Waals surface area contributed by atoms with Crippen molar-refractivity contribution in [1.29, 1.82) is 0 Å². The fourth-order valence-electron chi connectivity index (χ4n) is 1.82. The molecule has 0 aliphatic heterocycles. The molecule has 0 spiro atoms. The van der Waals surface area contributed by atoms with Crippen LogP contribution in [0.1, 0.15) is 0 Å². The lowest BCUT2D eigenvalue weighted by atomic mass is 10.1. The smallest absolute Gasteiger partial charge is 0.151 e. The van der Waals surface area contributed by atoms with Crippen molar-refractivity contribution in [2.75, 3.05) is 0 Å². The first kappa shape index (κ1) is 11.5. The summed E-state index contributed by atoms with van der Waals surface area (Å²) in [6, 6.07) is 7.06. The fourth-order valence-corrected chi connectivity index (χ4v) is 1.82. The fraction of sp³-hybridized carbons (Fsp3) is 0. The Labute approximate surface area is 108 Å². The van der Waals surface area contributed by atoms with E-state index in [0.29, 0.717) is 0 Å². The van der Waals surface area contributed by atoms with Crippen LogP contribution < -0.4 is 0 Å². The van der Waals surface area contributed by atoms with E-state index in [2.05, 4.69) is 10.1 Å². The Kier molecular flexibility index (Phi) is 2.79. The number of pyridine rings is 1. The summed E-state index contributed by atoms with van der Waals surface area (Å²) in [5, 5.41) is 4.09. The van der Waals surface area contributed by atoms with E-state index >= 15 is 0 Å². The van der Waals surface area contributed by atoms with Crippen molar-refractivity contribution >= 4 is 0 Å². The molecule has 0 radical (unpaired) electrons. The highest BCUT2D eigenvalue weighted by Gasteiger charge is 2.08. The van der Waals surface area contributed by atoms with E-state index in [1.807, 2.05) is 12.1 Å². The van der Waals surface area contributed by atoms with Crippen molar-refractivity contribution < 1.29 is 8.78 Å². The maximum absolute atomic E-state index is 13.6. The zero-order valence-corrected chi connectivity index (χ0v) is 9.79. The van der Waals surface area contributed by atoms with Gasteiger partial charge in [-0.05, 0) is 29.8 Å². The Bertz CT molecular complexity index is 708. The zero-order valence-electron chi connectivity index (χ0n) is 9.79. The van der Waals surface area contributed by atoms with Gasteiger partial charge >= 0.3 is 0 Å². The molecule has 0 atom stereocenters. The number of nitrogens with zero attached hydrogens (tertiary/aromatic N) is 3. The van der Waals surface area contributed by atoms with Crippen LogP contribution in [-0.2, 0) is 0 Å². The Morgan fingerprint density at radius 2 is 1.74 bits per heavy atom. The van der Waals surface area contributed by atoms with Gasteiger partial charge < -0.3 is 0 Å². The standard InChI is InChI=1S/C14H9F2N3/c15-12-1-2-14(13(16)7-12)19-9-11(8-18-19)10-3-5-17-6-4-10/h1-9H. The second kappa shape index (κ2) is 4.61.